The van der Waals surface area contributed by atoms with Gasteiger partial charge in [0, 0.05) is 28.8 Å². The van der Waals surface area contributed by atoms with E-state index in [4.69, 9.17) is 11.6 Å². The van der Waals surface area contributed by atoms with Gasteiger partial charge < -0.3 is 9.88 Å². The molecule has 2 heterocycles. The van der Waals surface area contributed by atoms with E-state index in [1.54, 1.807) is 36.7 Å². The standard InChI is InChI=1S/C19H18ClN3O2/c1-12(2)23-11-16(18(24)15-9-13(20)6-7-17(15)23)19(25)22-10-14-5-3-4-8-21-14/h3-9,11-12H,10H2,1-2H3,(H,22,25). The van der Waals surface area contributed by atoms with Crippen LogP contribution in [0, 0.1) is 0 Å². The van der Waals surface area contributed by atoms with Crippen LogP contribution in [0.15, 0.2) is 53.6 Å². The number of benzene rings is 1. The highest BCUT2D eigenvalue weighted by Gasteiger charge is 2.17. The predicted octanol–water partition coefficient (Wildman–Crippen LogP) is 3.56. The van der Waals surface area contributed by atoms with E-state index in [-0.39, 0.29) is 23.6 Å². The SMILES string of the molecule is CC(C)n1cc(C(=O)NCc2ccccn2)c(=O)c2cc(Cl)ccc21. The maximum Gasteiger partial charge on any atom is 0.257 e. The molecule has 25 heavy (non-hydrogen) atoms. The summed E-state index contributed by atoms with van der Waals surface area (Å²) in [5.74, 6) is -0.424. The van der Waals surface area contributed by atoms with Gasteiger partial charge in [-0.05, 0) is 44.2 Å². The summed E-state index contributed by atoms with van der Waals surface area (Å²) in [4.78, 5) is 29.5. The van der Waals surface area contributed by atoms with Gasteiger partial charge in [0.25, 0.3) is 5.91 Å². The summed E-state index contributed by atoms with van der Waals surface area (Å²) >= 11 is 6.04. The van der Waals surface area contributed by atoms with Crippen LogP contribution in [-0.2, 0) is 6.54 Å². The molecule has 0 unspecified atom stereocenters. The number of carbonyl (C=O) groups excluding carboxylic acids is 1. The van der Waals surface area contributed by atoms with Gasteiger partial charge in [0.2, 0.25) is 5.43 Å². The maximum absolute atomic E-state index is 12.8. The van der Waals surface area contributed by atoms with E-state index >= 15 is 0 Å². The molecular formula is C19H18ClN3O2. The fourth-order valence-corrected chi connectivity index (χ4v) is 2.86. The summed E-state index contributed by atoms with van der Waals surface area (Å²) in [7, 11) is 0. The lowest BCUT2D eigenvalue weighted by atomic mass is 10.1. The predicted molar refractivity (Wildman–Crippen MR) is 99.0 cm³/mol. The van der Waals surface area contributed by atoms with Crippen molar-refractivity contribution >= 4 is 28.4 Å². The lowest BCUT2D eigenvalue weighted by Crippen LogP contribution is -2.30. The summed E-state index contributed by atoms with van der Waals surface area (Å²) in [6.45, 7) is 4.25. The van der Waals surface area contributed by atoms with Crippen LogP contribution in [-0.4, -0.2) is 15.5 Å². The molecule has 0 aliphatic heterocycles. The molecular weight excluding hydrogens is 338 g/mol. The molecule has 1 N–H and O–H groups in total. The smallest absolute Gasteiger partial charge is 0.257 e. The highest BCUT2D eigenvalue weighted by molar-refractivity contribution is 6.31. The molecule has 3 rings (SSSR count). The number of amides is 1. The molecule has 0 bridgehead atoms. The lowest BCUT2D eigenvalue weighted by Gasteiger charge is -2.17. The molecule has 0 spiro atoms. The van der Waals surface area contributed by atoms with E-state index in [0.717, 1.165) is 11.2 Å². The minimum Gasteiger partial charge on any atom is -0.346 e. The quantitative estimate of drug-likeness (QED) is 0.778. The highest BCUT2D eigenvalue weighted by Crippen LogP contribution is 2.20. The van der Waals surface area contributed by atoms with E-state index in [1.807, 2.05) is 30.5 Å². The van der Waals surface area contributed by atoms with Crippen LogP contribution in [0.25, 0.3) is 10.9 Å². The van der Waals surface area contributed by atoms with Crippen molar-refractivity contribution in [3.05, 3.63) is 75.3 Å². The number of hydrogen-bond donors (Lipinski definition) is 1. The van der Waals surface area contributed by atoms with Crippen molar-refractivity contribution in [1.82, 2.24) is 14.9 Å². The minimum atomic E-state index is -0.424. The zero-order valence-electron chi connectivity index (χ0n) is 14.0. The molecule has 2 aromatic heterocycles. The summed E-state index contributed by atoms with van der Waals surface area (Å²) in [5.41, 5.74) is 1.25. The molecule has 128 valence electrons. The van der Waals surface area contributed by atoms with Crippen molar-refractivity contribution in [3.8, 4) is 0 Å². The van der Waals surface area contributed by atoms with Gasteiger partial charge >= 0.3 is 0 Å². The first-order valence-electron chi connectivity index (χ1n) is 8.00. The molecule has 5 nitrogen and oxygen atoms in total. The second-order valence-electron chi connectivity index (χ2n) is 6.04. The highest BCUT2D eigenvalue weighted by atomic mass is 35.5. The number of fused-ring (bicyclic) bond motifs is 1. The van der Waals surface area contributed by atoms with E-state index in [1.165, 1.54) is 0 Å². The van der Waals surface area contributed by atoms with E-state index < -0.39 is 5.91 Å². The Morgan fingerprint density at radius 2 is 2.08 bits per heavy atom. The van der Waals surface area contributed by atoms with Crippen molar-refractivity contribution in [2.45, 2.75) is 26.4 Å². The Bertz CT molecular complexity index is 981. The molecule has 0 saturated heterocycles. The molecule has 0 fully saturated rings. The number of hydrogen-bond acceptors (Lipinski definition) is 3. The van der Waals surface area contributed by atoms with Gasteiger partial charge in [-0.25, -0.2) is 0 Å². The Kier molecular flexibility index (Phi) is 4.86. The summed E-state index contributed by atoms with van der Waals surface area (Å²) < 4.78 is 1.91. The van der Waals surface area contributed by atoms with Crippen LogP contribution in [0.4, 0.5) is 0 Å². The lowest BCUT2D eigenvalue weighted by molar-refractivity contribution is 0.0948. The van der Waals surface area contributed by atoms with Gasteiger partial charge in [0.05, 0.1) is 17.8 Å². The topological polar surface area (TPSA) is 64.0 Å². The Balaban J connectivity index is 2.02. The van der Waals surface area contributed by atoms with Crippen molar-refractivity contribution in [3.63, 3.8) is 0 Å². The maximum atomic E-state index is 12.8. The van der Waals surface area contributed by atoms with Crippen LogP contribution in [0.5, 0.6) is 0 Å². The number of carbonyl (C=O) groups is 1. The van der Waals surface area contributed by atoms with Gasteiger partial charge in [-0.3, -0.25) is 14.6 Å². The van der Waals surface area contributed by atoms with E-state index in [2.05, 4.69) is 10.3 Å². The fourth-order valence-electron chi connectivity index (χ4n) is 2.69. The van der Waals surface area contributed by atoms with Gasteiger partial charge in [0.1, 0.15) is 5.56 Å². The zero-order chi connectivity index (χ0) is 18.0. The molecule has 0 atom stereocenters. The fraction of sp³-hybridized carbons (Fsp3) is 0.211. The van der Waals surface area contributed by atoms with Gasteiger partial charge in [0.15, 0.2) is 0 Å². The molecule has 0 aliphatic carbocycles. The minimum absolute atomic E-state index is 0.0895. The first-order chi connectivity index (χ1) is 12.0. The normalized spacial score (nSPS) is 11.0. The Morgan fingerprint density at radius 3 is 2.76 bits per heavy atom. The molecule has 0 saturated carbocycles. The van der Waals surface area contributed by atoms with Crippen LogP contribution in [0.3, 0.4) is 0 Å². The van der Waals surface area contributed by atoms with E-state index in [9.17, 15) is 9.59 Å². The number of aromatic nitrogens is 2. The third-order valence-electron chi connectivity index (χ3n) is 3.95. The monoisotopic (exact) mass is 355 g/mol. The largest absolute Gasteiger partial charge is 0.346 e. The van der Waals surface area contributed by atoms with Crippen molar-refractivity contribution in [2.75, 3.05) is 0 Å². The Hall–Kier alpha value is -2.66. The zero-order valence-corrected chi connectivity index (χ0v) is 14.7. The third-order valence-corrected chi connectivity index (χ3v) is 4.19. The second-order valence-corrected chi connectivity index (χ2v) is 6.47. The van der Waals surface area contributed by atoms with E-state index in [0.29, 0.717) is 10.4 Å². The number of halogens is 1. The molecule has 0 aliphatic rings. The molecule has 6 heteroatoms. The average Bonchev–Trinajstić information content (AvgIpc) is 2.61. The third kappa shape index (κ3) is 3.56. The number of nitrogens with one attached hydrogen (secondary N) is 1. The summed E-state index contributed by atoms with van der Waals surface area (Å²) in [6.07, 6.45) is 3.27. The van der Waals surface area contributed by atoms with Crippen LogP contribution < -0.4 is 10.7 Å². The molecule has 1 aromatic carbocycles. The van der Waals surface area contributed by atoms with Crippen LogP contribution >= 0.6 is 11.6 Å². The number of rotatable bonds is 4. The van der Waals surface area contributed by atoms with Crippen molar-refractivity contribution in [2.24, 2.45) is 0 Å². The Morgan fingerprint density at radius 1 is 1.28 bits per heavy atom. The van der Waals surface area contributed by atoms with Crippen molar-refractivity contribution < 1.29 is 4.79 Å². The summed E-state index contributed by atoms with van der Waals surface area (Å²) in [5, 5.41) is 3.65. The molecule has 3 aromatic rings. The average molecular weight is 356 g/mol. The van der Waals surface area contributed by atoms with Gasteiger partial charge in [-0.2, -0.15) is 0 Å². The van der Waals surface area contributed by atoms with Crippen LogP contribution in [0.2, 0.25) is 5.02 Å². The number of nitrogens with zero attached hydrogens (tertiary/aromatic N) is 2. The number of pyridine rings is 2. The first-order valence-corrected chi connectivity index (χ1v) is 8.37. The Labute approximate surface area is 150 Å². The second kappa shape index (κ2) is 7.07. The van der Waals surface area contributed by atoms with Gasteiger partial charge in [-0.1, -0.05) is 17.7 Å². The van der Waals surface area contributed by atoms with Gasteiger partial charge in [-0.15, -0.1) is 0 Å². The first kappa shape index (κ1) is 17.2. The molecule has 0 radical (unpaired) electrons. The molecule has 1 amide bonds. The van der Waals surface area contributed by atoms with Crippen LogP contribution in [0.1, 0.15) is 35.9 Å². The summed E-state index contributed by atoms with van der Waals surface area (Å²) in [6, 6.07) is 10.7. The van der Waals surface area contributed by atoms with Crippen molar-refractivity contribution in [1.29, 1.82) is 0 Å².